The molecular weight excluding hydrogens is 472 g/mol. The molecule has 4 rings (SSSR count). The van der Waals surface area contributed by atoms with Crippen molar-refractivity contribution in [1.82, 2.24) is 15.1 Å². The van der Waals surface area contributed by atoms with Gasteiger partial charge in [0.1, 0.15) is 22.8 Å². The third-order valence-electron chi connectivity index (χ3n) is 5.80. The average Bonchev–Trinajstić information content (AvgIpc) is 2.86. The molecule has 0 saturated carbocycles. The number of aromatic amines is 1. The van der Waals surface area contributed by atoms with E-state index in [9.17, 15) is 9.59 Å². The second-order valence-corrected chi connectivity index (χ2v) is 9.91. The summed E-state index contributed by atoms with van der Waals surface area (Å²) in [6, 6.07) is 16.1. The highest BCUT2D eigenvalue weighted by Crippen LogP contribution is 2.26. The van der Waals surface area contributed by atoms with Crippen molar-refractivity contribution >= 4 is 23.3 Å². The molecule has 0 bridgehead atoms. The van der Waals surface area contributed by atoms with Gasteiger partial charge in [-0.25, -0.2) is 9.89 Å². The zero-order chi connectivity index (χ0) is 26.6. The predicted octanol–water partition coefficient (Wildman–Crippen LogP) is 4.37. The van der Waals surface area contributed by atoms with Gasteiger partial charge in [0.25, 0.3) is 5.56 Å². The fourth-order valence-corrected chi connectivity index (χ4v) is 4.11. The number of hydrogen-bond donors (Lipinski definition) is 4. The number of amides is 1. The van der Waals surface area contributed by atoms with Crippen LogP contribution in [0, 0.1) is 5.41 Å². The van der Waals surface area contributed by atoms with E-state index in [0.717, 1.165) is 12.8 Å². The Labute approximate surface area is 215 Å². The summed E-state index contributed by atoms with van der Waals surface area (Å²) < 4.78 is 11.3. The lowest BCUT2D eigenvalue weighted by atomic mass is 10.00. The topological polar surface area (TPSA) is 146 Å². The number of H-pyrrole nitrogens is 1. The van der Waals surface area contributed by atoms with E-state index in [4.69, 9.17) is 20.6 Å². The van der Waals surface area contributed by atoms with Crippen LogP contribution in [-0.2, 0) is 4.74 Å². The molecule has 3 aromatic rings. The summed E-state index contributed by atoms with van der Waals surface area (Å²) in [5, 5.41) is 18.3. The van der Waals surface area contributed by atoms with Crippen molar-refractivity contribution in [1.29, 1.82) is 5.41 Å². The van der Waals surface area contributed by atoms with Crippen LogP contribution >= 0.6 is 0 Å². The number of nitrogen functional groups attached to an aromatic ring is 1. The number of carbonyl (C=O) groups excluding carboxylic acids is 1. The summed E-state index contributed by atoms with van der Waals surface area (Å²) in [5.74, 6) is 1.34. The molecule has 1 aliphatic rings. The second kappa shape index (κ2) is 10.7. The minimum atomic E-state index is -0.599. The standard InChI is InChI=1S/C27H32N6O4/c1-27(2,3)37-26(35)33-15-7-8-18(16-33)30-23-21(24(29)31-32-25(23)34)22(28)17-11-13-20(14-12-17)36-19-9-5-4-6-10-19/h4-6,9-14,18,28H,7-8,15-16H2,1-3H3,(H,32,34)(H3,29,30,31). The molecule has 2 aromatic carbocycles. The summed E-state index contributed by atoms with van der Waals surface area (Å²) in [7, 11) is 0. The van der Waals surface area contributed by atoms with E-state index in [0.29, 0.717) is 30.2 Å². The van der Waals surface area contributed by atoms with Crippen LogP contribution in [0.2, 0.25) is 0 Å². The van der Waals surface area contributed by atoms with Gasteiger partial charge in [-0.15, -0.1) is 0 Å². The van der Waals surface area contributed by atoms with Gasteiger partial charge in [-0.2, -0.15) is 5.10 Å². The van der Waals surface area contributed by atoms with Gasteiger partial charge < -0.3 is 25.4 Å². The van der Waals surface area contributed by atoms with Crippen molar-refractivity contribution in [2.75, 3.05) is 24.1 Å². The molecule has 10 nitrogen and oxygen atoms in total. The first-order valence-corrected chi connectivity index (χ1v) is 12.2. The van der Waals surface area contributed by atoms with Crippen molar-refractivity contribution in [3.8, 4) is 11.5 Å². The number of para-hydroxylation sites is 1. The Balaban J connectivity index is 1.53. The maximum absolute atomic E-state index is 12.8. The Kier molecular flexibility index (Phi) is 7.47. The number of nitrogens with one attached hydrogen (secondary N) is 3. The molecule has 1 fully saturated rings. The molecule has 5 N–H and O–H groups in total. The highest BCUT2D eigenvalue weighted by atomic mass is 16.6. The van der Waals surface area contributed by atoms with E-state index < -0.39 is 17.3 Å². The summed E-state index contributed by atoms with van der Waals surface area (Å²) >= 11 is 0. The Bertz CT molecular complexity index is 1320. The SMILES string of the molecule is CC(C)(C)OC(=O)N1CCCC(Nc2c(C(=N)c3ccc(Oc4ccccc4)cc3)c(N)n[nH]c2=O)C1. The Morgan fingerprint density at radius 1 is 1.14 bits per heavy atom. The number of piperidine rings is 1. The van der Waals surface area contributed by atoms with Crippen LogP contribution in [0.3, 0.4) is 0 Å². The number of ether oxygens (including phenoxy) is 2. The lowest BCUT2D eigenvalue weighted by Crippen LogP contribution is -2.47. The molecule has 0 aliphatic carbocycles. The molecule has 2 heterocycles. The highest BCUT2D eigenvalue weighted by Gasteiger charge is 2.29. The molecule has 37 heavy (non-hydrogen) atoms. The molecule has 1 aromatic heterocycles. The van der Waals surface area contributed by atoms with Crippen molar-refractivity contribution < 1.29 is 14.3 Å². The first-order chi connectivity index (χ1) is 17.6. The highest BCUT2D eigenvalue weighted by molar-refractivity contribution is 6.16. The Morgan fingerprint density at radius 2 is 1.81 bits per heavy atom. The fourth-order valence-electron chi connectivity index (χ4n) is 4.11. The van der Waals surface area contributed by atoms with Gasteiger partial charge in [0.05, 0.1) is 11.3 Å². The third kappa shape index (κ3) is 6.46. The fraction of sp³-hybridized carbons (Fsp3) is 0.333. The minimum absolute atomic E-state index is 0.0246. The summed E-state index contributed by atoms with van der Waals surface area (Å²) in [5.41, 5.74) is 5.99. The number of rotatable bonds is 6. The largest absolute Gasteiger partial charge is 0.457 e. The molecule has 0 spiro atoms. The molecule has 194 valence electrons. The molecule has 1 aliphatic heterocycles. The quantitative estimate of drug-likeness (QED) is 0.365. The van der Waals surface area contributed by atoms with E-state index in [1.54, 1.807) is 29.2 Å². The predicted molar refractivity (Wildman–Crippen MR) is 143 cm³/mol. The van der Waals surface area contributed by atoms with Gasteiger partial charge >= 0.3 is 6.09 Å². The number of nitrogens with two attached hydrogens (primary N) is 1. The van der Waals surface area contributed by atoms with Crippen LogP contribution in [0.25, 0.3) is 0 Å². The first-order valence-electron chi connectivity index (χ1n) is 12.2. The number of aromatic nitrogens is 2. The smallest absolute Gasteiger partial charge is 0.410 e. The zero-order valence-corrected chi connectivity index (χ0v) is 21.2. The van der Waals surface area contributed by atoms with E-state index in [-0.39, 0.29) is 28.8 Å². The number of benzene rings is 2. The molecule has 0 radical (unpaired) electrons. The van der Waals surface area contributed by atoms with Crippen LogP contribution in [0.15, 0.2) is 59.4 Å². The lowest BCUT2D eigenvalue weighted by Gasteiger charge is -2.35. The van der Waals surface area contributed by atoms with Crippen LogP contribution in [-0.4, -0.2) is 51.6 Å². The summed E-state index contributed by atoms with van der Waals surface area (Å²) in [4.78, 5) is 27.0. The van der Waals surface area contributed by atoms with Crippen LogP contribution in [0.5, 0.6) is 11.5 Å². The number of likely N-dealkylation sites (tertiary alicyclic amines) is 1. The number of nitrogens with zero attached hydrogens (tertiary/aromatic N) is 2. The molecule has 1 unspecified atom stereocenters. The Hall–Kier alpha value is -4.34. The number of carbonyl (C=O) groups is 1. The van der Waals surface area contributed by atoms with E-state index in [2.05, 4.69) is 15.5 Å². The molecular formula is C27H32N6O4. The summed E-state index contributed by atoms with van der Waals surface area (Å²) in [6.45, 7) is 6.39. The van der Waals surface area contributed by atoms with Gasteiger partial charge in [-0.05, 0) is 70.0 Å². The minimum Gasteiger partial charge on any atom is -0.457 e. The Morgan fingerprint density at radius 3 is 2.49 bits per heavy atom. The van der Waals surface area contributed by atoms with Crippen molar-refractivity contribution in [2.24, 2.45) is 0 Å². The first kappa shape index (κ1) is 25.7. The van der Waals surface area contributed by atoms with Gasteiger partial charge in [0.15, 0.2) is 5.82 Å². The van der Waals surface area contributed by atoms with E-state index in [1.165, 1.54) is 0 Å². The third-order valence-corrected chi connectivity index (χ3v) is 5.80. The number of anilines is 2. The summed E-state index contributed by atoms with van der Waals surface area (Å²) in [6.07, 6.45) is 1.08. The molecule has 1 saturated heterocycles. The van der Waals surface area contributed by atoms with Gasteiger partial charge in [0.2, 0.25) is 0 Å². The second-order valence-electron chi connectivity index (χ2n) is 9.91. The van der Waals surface area contributed by atoms with Gasteiger partial charge in [0, 0.05) is 24.7 Å². The number of hydrogen-bond acceptors (Lipinski definition) is 8. The van der Waals surface area contributed by atoms with Crippen LogP contribution in [0.1, 0.15) is 44.7 Å². The molecule has 10 heteroatoms. The van der Waals surface area contributed by atoms with Crippen molar-refractivity contribution in [2.45, 2.75) is 45.3 Å². The zero-order valence-electron chi connectivity index (χ0n) is 21.2. The van der Waals surface area contributed by atoms with Crippen molar-refractivity contribution in [3.63, 3.8) is 0 Å². The maximum atomic E-state index is 12.8. The maximum Gasteiger partial charge on any atom is 0.410 e. The molecule has 1 amide bonds. The lowest BCUT2D eigenvalue weighted by molar-refractivity contribution is 0.0206. The van der Waals surface area contributed by atoms with Gasteiger partial charge in [-0.1, -0.05) is 18.2 Å². The van der Waals surface area contributed by atoms with Crippen LogP contribution < -0.4 is 21.3 Å². The van der Waals surface area contributed by atoms with E-state index >= 15 is 0 Å². The van der Waals surface area contributed by atoms with E-state index in [1.807, 2.05) is 51.1 Å². The van der Waals surface area contributed by atoms with Crippen molar-refractivity contribution in [3.05, 3.63) is 76.1 Å². The average molecular weight is 505 g/mol. The monoisotopic (exact) mass is 504 g/mol. The molecule has 1 atom stereocenters. The van der Waals surface area contributed by atoms with Crippen LogP contribution in [0.4, 0.5) is 16.3 Å². The van der Waals surface area contributed by atoms with Gasteiger partial charge in [-0.3, -0.25) is 10.2 Å². The normalized spacial score (nSPS) is 15.6.